The van der Waals surface area contributed by atoms with E-state index in [2.05, 4.69) is 28.9 Å². The van der Waals surface area contributed by atoms with Crippen LogP contribution in [0.5, 0.6) is 0 Å². The largest absolute Gasteiger partial charge is 0.378 e. The molecule has 1 aliphatic heterocycles. The van der Waals surface area contributed by atoms with Crippen LogP contribution in [0.4, 0.5) is 0 Å². The van der Waals surface area contributed by atoms with Crippen LogP contribution in [0.3, 0.4) is 0 Å². The molecule has 2 heteroatoms. The van der Waals surface area contributed by atoms with Gasteiger partial charge in [0.15, 0.2) is 0 Å². The van der Waals surface area contributed by atoms with E-state index in [0.29, 0.717) is 6.10 Å². The molecule has 2 atom stereocenters. The molecule has 1 saturated heterocycles. The van der Waals surface area contributed by atoms with Crippen molar-refractivity contribution in [3.05, 3.63) is 11.1 Å². The average Bonchev–Trinajstić information content (AvgIpc) is 1.88. The van der Waals surface area contributed by atoms with Gasteiger partial charge in [-0.15, -0.1) is 0 Å². The highest BCUT2D eigenvalue weighted by Gasteiger charge is 2.16. The molecule has 1 fully saturated rings. The number of halogens is 1. The van der Waals surface area contributed by atoms with E-state index in [9.17, 15) is 0 Å². The highest BCUT2D eigenvalue weighted by Crippen LogP contribution is 2.21. The van der Waals surface area contributed by atoms with E-state index in [4.69, 9.17) is 4.74 Å². The van der Waals surface area contributed by atoms with Crippen LogP contribution in [0.2, 0.25) is 0 Å². The molecule has 0 aliphatic carbocycles. The molecule has 0 bridgehead atoms. The van der Waals surface area contributed by atoms with Gasteiger partial charge in [0.05, 0.1) is 6.10 Å². The third-order valence-electron chi connectivity index (χ3n) is 1.87. The summed E-state index contributed by atoms with van der Waals surface area (Å²) in [5.41, 5.74) is 0. The summed E-state index contributed by atoms with van der Waals surface area (Å²) in [4.78, 5) is 1.95. The van der Waals surface area contributed by atoms with Crippen LogP contribution in [0, 0.1) is 5.92 Å². The molecule has 1 rings (SSSR count). The Bertz CT molecular complexity index is 122. The van der Waals surface area contributed by atoms with E-state index in [-0.39, 0.29) is 0 Å². The van der Waals surface area contributed by atoms with Crippen LogP contribution in [0.15, 0.2) is 11.1 Å². The Morgan fingerprint density at radius 2 is 2.40 bits per heavy atom. The Labute approximate surface area is 70.6 Å². The number of hydrogen-bond acceptors (Lipinski definition) is 1. The predicted octanol–water partition coefficient (Wildman–Crippen LogP) is 2.71. The summed E-state index contributed by atoms with van der Waals surface area (Å²) in [7, 11) is 0. The molecule has 1 aliphatic rings. The standard InChI is InChI=1S/C8H13BrO/c1-7-6-8(2-4-9)3-5-10-7/h2,4,7-8H,3,5-6H2,1H3/b4-2+. The minimum Gasteiger partial charge on any atom is -0.378 e. The second kappa shape index (κ2) is 4.14. The maximum absolute atomic E-state index is 5.41. The van der Waals surface area contributed by atoms with Gasteiger partial charge in [-0.3, -0.25) is 0 Å². The third-order valence-corrected chi connectivity index (χ3v) is 2.18. The molecule has 2 unspecified atom stereocenters. The maximum atomic E-state index is 5.41. The van der Waals surface area contributed by atoms with Crippen molar-refractivity contribution in [2.75, 3.05) is 6.61 Å². The van der Waals surface area contributed by atoms with Gasteiger partial charge in [0, 0.05) is 6.61 Å². The minimum absolute atomic E-state index is 0.447. The van der Waals surface area contributed by atoms with Crippen molar-refractivity contribution < 1.29 is 4.74 Å². The Kier molecular flexibility index (Phi) is 3.43. The smallest absolute Gasteiger partial charge is 0.0552 e. The zero-order chi connectivity index (χ0) is 7.40. The van der Waals surface area contributed by atoms with E-state index >= 15 is 0 Å². The van der Waals surface area contributed by atoms with Gasteiger partial charge in [-0.05, 0) is 30.7 Å². The maximum Gasteiger partial charge on any atom is 0.0552 e. The highest BCUT2D eigenvalue weighted by molar-refractivity contribution is 9.11. The first kappa shape index (κ1) is 8.28. The second-order valence-electron chi connectivity index (χ2n) is 2.78. The molecule has 1 nitrogen and oxygen atoms in total. The van der Waals surface area contributed by atoms with Gasteiger partial charge >= 0.3 is 0 Å². The van der Waals surface area contributed by atoms with Crippen molar-refractivity contribution in [2.24, 2.45) is 5.92 Å². The highest BCUT2D eigenvalue weighted by atomic mass is 79.9. The zero-order valence-corrected chi connectivity index (χ0v) is 7.80. The normalized spacial score (nSPS) is 35.0. The number of ether oxygens (including phenoxy) is 1. The number of hydrogen-bond donors (Lipinski definition) is 0. The van der Waals surface area contributed by atoms with Gasteiger partial charge in [0.25, 0.3) is 0 Å². The van der Waals surface area contributed by atoms with Crippen LogP contribution < -0.4 is 0 Å². The van der Waals surface area contributed by atoms with Crippen molar-refractivity contribution in [1.82, 2.24) is 0 Å². The fourth-order valence-electron chi connectivity index (χ4n) is 1.31. The predicted molar refractivity (Wildman–Crippen MR) is 46.2 cm³/mol. The molecule has 0 spiro atoms. The minimum atomic E-state index is 0.447. The molecular formula is C8H13BrO. The Hall–Kier alpha value is 0.180. The Balaban J connectivity index is 2.32. The fraction of sp³-hybridized carbons (Fsp3) is 0.750. The van der Waals surface area contributed by atoms with Gasteiger partial charge in [-0.1, -0.05) is 22.0 Å². The molecule has 58 valence electrons. The van der Waals surface area contributed by atoms with E-state index in [0.717, 1.165) is 12.5 Å². The van der Waals surface area contributed by atoms with Crippen LogP contribution in [0.25, 0.3) is 0 Å². The van der Waals surface area contributed by atoms with Gasteiger partial charge < -0.3 is 4.74 Å². The first-order valence-electron chi connectivity index (χ1n) is 3.71. The van der Waals surface area contributed by atoms with Crippen molar-refractivity contribution in [1.29, 1.82) is 0 Å². The lowest BCUT2D eigenvalue weighted by molar-refractivity contribution is 0.0126. The topological polar surface area (TPSA) is 9.23 Å². The summed E-state index contributed by atoms with van der Waals surface area (Å²) in [6.45, 7) is 3.05. The average molecular weight is 205 g/mol. The van der Waals surface area contributed by atoms with Crippen molar-refractivity contribution in [2.45, 2.75) is 25.9 Å². The van der Waals surface area contributed by atoms with Gasteiger partial charge in [0.1, 0.15) is 0 Å². The second-order valence-corrected chi connectivity index (χ2v) is 3.31. The third kappa shape index (κ3) is 2.43. The van der Waals surface area contributed by atoms with E-state index in [1.54, 1.807) is 0 Å². The molecule has 0 saturated carbocycles. The molecule has 0 aromatic rings. The molecular weight excluding hydrogens is 192 g/mol. The number of rotatable bonds is 1. The quantitative estimate of drug-likeness (QED) is 0.639. The van der Waals surface area contributed by atoms with Crippen molar-refractivity contribution in [3.8, 4) is 0 Å². The van der Waals surface area contributed by atoms with Crippen molar-refractivity contribution in [3.63, 3.8) is 0 Å². The molecule has 0 N–H and O–H groups in total. The summed E-state index contributed by atoms with van der Waals surface area (Å²) < 4.78 is 5.41. The van der Waals surface area contributed by atoms with Crippen molar-refractivity contribution >= 4 is 15.9 Å². The van der Waals surface area contributed by atoms with Crippen LogP contribution in [-0.4, -0.2) is 12.7 Å². The summed E-state index contributed by atoms with van der Waals surface area (Å²) >= 11 is 3.28. The summed E-state index contributed by atoms with van der Waals surface area (Å²) in [5, 5.41) is 0. The molecule has 0 aromatic heterocycles. The monoisotopic (exact) mass is 204 g/mol. The first-order valence-corrected chi connectivity index (χ1v) is 4.63. The SMILES string of the molecule is CC1CC(/C=C/Br)CCO1. The molecule has 1 heterocycles. The zero-order valence-electron chi connectivity index (χ0n) is 6.22. The Morgan fingerprint density at radius 1 is 1.60 bits per heavy atom. The summed E-state index contributed by atoms with van der Waals surface area (Å²) in [5.74, 6) is 0.725. The Morgan fingerprint density at radius 3 is 3.00 bits per heavy atom. The molecule has 0 aromatic carbocycles. The van der Waals surface area contributed by atoms with Gasteiger partial charge in [-0.2, -0.15) is 0 Å². The molecule has 0 amide bonds. The summed E-state index contributed by atoms with van der Waals surface area (Å²) in [6.07, 6.45) is 5.00. The molecule has 0 radical (unpaired) electrons. The van der Waals surface area contributed by atoms with Crippen LogP contribution in [-0.2, 0) is 4.74 Å². The lowest BCUT2D eigenvalue weighted by Crippen LogP contribution is -2.21. The van der Waals surface area contributed by atoms with E-state index in [1.807, 2.05) is 4.99 Å². The van der Waals surface area contributed by atoms with Crippen LogP contribution in [0.1, 0.15) is 19.8 Å². The summed E-state index contributed by atoms with van der Waals surface area (Å²) in [6, 6.07) is 0. The van der Waals surface area contributed by atoms with Gasteiger partial charge in [-0.25, -0.2) is 0 Å². The lowest BCUT2D eigenvalue weighted by atomic mass is 9.97. The first-order chi connectivity index (χ1) is 4.83. The van der Waals surface area contributed by atoms with Gasteiger partial charge in [0.2, 0.25) is 0 Å². The lowest BCUT2D eigenvalue weighted by Gasteiger charge is -2.24. The van der Waals surface area contributed by atoms with E-state index < -0.39 is 0 Å². The number of allylic oxidation sites excluding steroid dienone is 1. The van der Waals surface area contributed by atoms with Crippen LogP contribution >= 0.6 is 15.9 Å². The fourth-order valence-corrected chi connectivity index (χ4v) is 1.74. The molecule has 10 heavy (non-hydrogen) atoms. The van der Waals surface area contributed by atoms with E-state index in [1.165, 1.54) is 12.8 Å².